The predicted molar refractivity (Wildman–Crippen MR) is 82.5 cm³/mol. The van der Waals surface area contributed by atoms with Gasteiger partial charge in [0, 0.05) is 12.6 Å². The summed E-state index contributed by atoms with van der Waals surface area (Å²) in [7, 11) is 0. The molecule has 0 radical (unpaired) electrons. The van der Waals surface area contributed by atoms with Crippen LogP contribution in [0.15, 0.2) is 28.8 Å². The average molecular weight is 342 g/mol. The fraction of sp³-hybridized carbons (Fsp3) is 0.333. The number of hydrogen-bond acceptors (Lipinski definition) is 4. The molecule has 2 aromatic rings. The minimum absolute atomic E-state index is 0.0230. The molecule has 0 aliphatic carbocycles. The van der Waals surface area contributed by atoms with Gasteiger partial charge < -0.3 is 20.3 Å². The second-order valence-corrected chi connectivity index (χ2v) is 5.30. The quantitative estimate of drug-likeness (QED) is 0.753. The van der Waals surface area contributed by atoms with Gasteiger partial charge in [-0.05, 0) is 24.1 Å². The van der Waals surface area contributed by atoms with Gasteiger partial charge in [0.05, 0.1) is 23.4 Å². The monoisotopic (exact) mass is 341 g/mol. The van der Waals surface area contributed by atoms with Crippen molar-refractivity contribution in [3.63, 3.8) is 0 Å². The summed E-state index contributed by atoms with van der Waals surface area (Å²) in [6, 6.07) is 5.26. The van der Waals surface area contributed by atoms with Gasteiger partial charge in [0.2, 0.25) is 0 Å². The van der Waals surface area contributed by atoms with Gasteiger partial charge in [0.25, 0.3) is 0 Å². The number of carbonyl (C=O) groups excluding carboxylic acids is 1. The number of amides is 2. The van der Waals surface area contributed by atoms with E-state index >= 15 is 0 Å². The second-order valence-electron chi connectivity index (χ2n) is 4.89. The highest BCUT2D eigenvalue weighted by atomic mass is 35.5. The van der Waals surface area contributed by atoms with E-state index in [1.54, 1.807) is 6.07 Å². The summed E-state index contributed by atoms with van der Waals surface area (Å²) in [5.74, 6) is -0.0814. The summed E-state index contributed by atoms with van der Waals surface area (Å²) in [6.45, 7) is 2.07. The van der Waals surface area contributed by atoms with Crippen molar-refractivity contribution in [2.24, 2.45) is 0 Å². The highest BCUT2D eigenvalue weighted by Gasteiger charge is 2.12. The minimum Gasteiger partial charge on any atom is -0.387 e. The molecule has 1 aromatic carbocycles. The van der Waals surface area contributed by atoms with Crippen LogP contribution in [-0.2, 0) is 13.0 Å². The van der Waals surface area contributed by atoms with Crippen LogP contribution in [0.3, 0.4) is 0 Å². The Morgan fingerprint density at radius 1 is 1.43 bits per heavy atom. The first-order valence-corrected chi connectivity index (χ1v) is 7.46. The third kappa shape index (κ3) is 4.94. The van der Waals surface area contributed by atoms with Gasteiger partial charge in [-0.2, -0.15) is 0 Å². The zero-order chi connectivity index (χ0) is 16.8. The zero-order valence-corrected chi connectivity index (χ0v) is 13.2. The zero-order valence-electron chi connectivity index (χ0n) is 12.5. The first-order valence-electron chi connectivity index (χ1n) is 7.08. The van der Waals surface area contributed by atoms with E-state index in [9.17, 15) is 14.3 Å². The first kappa shape index (κ1) is 17.2. The number of aromatic nitrogens is 1. The molecule has 0 fully saturated rings. The molecule has 1 atom stereocenters. The molecule has 6 nitrogen and oxygen atoms in total. The molecule has 124 valence electrons. The molecule has 0 saturated carbocycles. The Balaban J connectivity index is 1.78. The minimum atomic E-state index is -1.04. The van der Waals surface area contributed by atoms with Gasteiger partial charge in [-0.3, -0.25) is 0 Å². The van der Waals surface area contributed by atoms with Crippen LogP contribution < -0.4 is 10.6 Å². The summed E-state index contributed by atoms with van der Waals surface area (Å²) in [5.41, 5.74) is 1.14. The topological polar surface area (TPSA) is 87.4 Å². The number of benzene rings is 1. The van der Waals surface area contributed by atoms with Gasteiger partial charge >= 0.3 is 6.03 Å². The van der Waals surface area contributed by atoms with E-state index in [1.807, 2.05) is 6.92 Å². The van der Waals surface area contributed by atoms with E-state index in [4.69, 9.17) is 16.1 Å². The SMILES string of the molecule is CCc1cc(CNC(=O)NCC(O)c2ccc(Cl)c(F)c2)on1. The fourth-order valence-electron chi connectivity index (χ4n) is 1.86. The fourth-order valence-corrected chi connectivity index (χ4v) is 1.98. The van der Waals surface area contributed by atoms with Gasteiger partial charge in [-0.25, -0.2) is 9.18 Å². The Morgan fingerprint density at radius 2 is 2.22 bits per heavy atom. The maximum Gasteiger partial charge on any atom is 0.315 e. The normalized spacial score (nSPS) is 12.0. The van der Waals surface area contributed by atoms with Crippen molar-refractivity contribution in [2.75, 3.05) is 6.54 Å². The average Bonchev–Trinajstić information content (AvgIpc) is 3.01. The Labute approximate surface area is 137 Å². The van der Waals surface area contributed by atoms with Crippen molar-refractivity contribution >= 4 is 17.6 Å². The lowest BCUT2D eigenvalue weighted by Gasteiger charge is -2.13. The van der Waals surface area contributed by atoms with Crippen molar-refractivity contribution in [3.05, 3.63) is 52.1 Å². The van der Waals surface area contributed by atoms with Crippen LogP contribution in [0.2, 0.25) is 5.02 Å². The van der Waals surface area contributed by atoms with Crippen molar-refractivity contribution in [3.8, 4) is 0 Å². The number of aliphatic hydroxyl groups excluding tert-OH is 1. The molecule has 23 heavy (non-hydrogen) atoms. The molecule has 1 heterocycles. The summed E-state index contributed by atoms with van der Waals surface area (Å²) < 4.78 is 18.3. The number of nitrogens with one attached hydrogen (secondary N) is 2. The van der Waals surface area contributed by atoms with Crippen LogP contribution >= 0.6 is 11.6 Å². The van der Waals surface area contributed by atoms with Crippen LogP contribution in [0.4, 0.5) is 9.18 Å². The van der Waals surface area contributed by atoms with E-state index in [0.29, 0.717) is 11.3 Å². The van der Waals surface area contributed by atoms with Crippen molar-refractivity contribution in [1.29, 1.82) is 0 Å². The lowest BCUT2D eigenvalue weighted by atomic mass is 10.1. The predicted octanol–water partition coefficient (Wildman–Crippen LogP) is 2.56. The Bertz CT molecular complexity index is 678. The van der Waals surface area contributed by atoms with E-state index in [2.05, 4.69) is 15.8 Å². The van der Waals surface area contributed by atoms with Crippen LogP contribution in [0.1, 0.15) is 30.0 Å². The highest BCUT2D eigenvalue weighted by molar-refractivity contribution is 6.30. The third-order valence-electron chi connectivity index (χ3n) is 3.18. The molecule has 1 unspecified atom stereocenters. The lowest BCUT2D eigenvalue weighted by Crippen LogP contribution is -2.37. The Morgan fingerprint density at radius 3 is 2.87 bits per heavy atom. The summed E-state index contributed by atoms with van der Waals surface area (Å²) in [6.07, 6.45) is -0.288. The molecule has 3 N–H and O–H groups in total. The smallest absolute Gasteiger partial charge is 0.315 e. The summed E-state index contributed by atoms with van der Waals surface area (Å²) in [5, 5.41) is 18.8. The van der Waals surface area contributed by atoms with Crippen molar-refractivity contribution < 1.29 is 18.8 Å². The van der Waals surface area contributed by atoms with E-state index < -0.39 is 18.0 Å². The maximum atomic E-state index is 13.3. The van der Waals surface area contributed by atoms with Crippen LogP contribution in [0.25, 0.3) is 0 Å². The largest absolute Gasteiger partial charge is 0.387 e. The molecule has 0 spiro atoms. The van der Waals surface area contributed by atoms with Gasteiger partial charge in [-0.15, -0.1) is 0 Å². The Kier molecular flexibility index (Phi) is 5.95. The third-order valence-corrected chi connectivity index (χ3v) is 3.48. The maximum absolute atomic E-state index is 13.3. The molecule has 8 heteroatoms. The van der Waals surface area contributed by atoms with E-state index in [0.717, 1.165) is 18.2 Å². The van der Waals surface area contributed by atoms with E-state index in [1.165, 1.54) is 12.1 Å². The summed E-state index contributed by atoms with van der Waals surface area (Å²) in [4.78, 5) is 11.7. The number of aliphatic hydroxyl groups is 1. The molecule has 2 rings (SSSR count). The number of rotatable bonds is 6. The molecule has 2 amide bonds. The molecule has 0 bridgehead atoms. The second kappa shape index (κ2) is 7.94. The number of carbonyl (C=O) groups is 1. The number of hydrogen-bond donors (Lipinski definition) is 3. The summed E-state index contributed by atoms with van der Waals surface area (Å²) >= 11 is 5.57. The molecule has 0 saturated heterocycles. The van der Waals surface area contributed by atoms with Gasteiger partial charge in [-0.1, -0.05) is 29.7 Å². The standard InChI is InChI=1S/C15H17ClFN3O3/c1-2-10-6-11(23-20-10)7-18-15(22)19-8-14(21)9-3-4-12(16)13(17)5-9/h3-6,14,21H,2,7-8H2,1H3,(H2,18,19,22). The Hall–Kier alpha value is -2.12. The van der Waals surface area contributed by atoms with E-state index in [-0.39, 0.29) is 18.1 Å². The molecule has 0 aliphatic rings. The molecule has 0 aliphatic heterocycles. The number of halogens is 2. The molecular formula is C15H17ClFN3O3. The highest BCUT2D eigenvalue weighted by Crippen LogP contribution is 2.19. The number of nitrogens with zero attached hydrogens (tertiary/aromatic N) is 1. The van der Waals surface area contributed by atoms with Crippen molar-refractivity contribution in [2.45, 2.75) is 26.0 Å². The van der Waals surface area contributed by atoms with Crippen LogP contribution in [-0.4, -0.2) is 22.8 Å². The van der Waals surface area contributed by atoms with Crippen LogP contribution in [0.5, 0.6) is 0 Å². The van der Waals surface area contributed by atoms with Gasteiger partial charge in [0.15, 0.2) is 5.76 Å². The number of aryl methyl sites for hydroxylation is 1. The van der Waals surface area contributed by atoms with Crippen LogP contribution in [0, 0.1) is 5.82 Å². The molecular weight excluding hydrogens is 325 g/mol. The molecule has 1 aromatic heterocycles. The lowest BCUT2D eigenvalue weighted by molar-refractivity contribution is 0.172. The first-order chi connectivity index (χ1) is 11.0. The van der Waals surface area contributed by atoms with Crippen molar-refractivity contribution in [1.82, 2.24) is 15.8 Å². The van der Waals surface area contributed by atoms with Gasteiger partial charge in [0.1, 0.15) is 5.82 Å². The number of urea groups is 1.